The molecule has 114 valence electrons. The minimum atomic E-state index is -4.85. The van der Waals surface area contributed by atoms with Gasteiger partial charge in [0.2, 0.25) is 0 Å². The molecule has 0 bridgehead atoms. The molecule has 0 amide bonds. The minimum absolute atomic E-state index is 0.258. The van der Waals surface area contributed by atoms with Crippen molar-refractivity contribution in [1.29, 1.82) is 0 Å². The van der Waals surface area contributed by atoms with Crippen LogP contribution >= 0.6 is 11.3 Å². The van der Waals surface area contributed by atoms with Crippen molar-refractivity contribution in [2.75, 3.05) is 5.75 Å². The molecule has 0 fully saturated rings. The normalized spacial score (nSPS) is 13.7. The molecule has 0 radical (unpaired) electrons. The SMILES string of the molecule is CCCCCCS(=O)(=O)/C(=C/c1cccs1)C(F)(F)F. The van der Waals surface area contributed by atoms with Gasteiger partial charge in [-0.2, -0.15) is 13.2 Å². The fourth-order valence-electron chi connectivity index (χ4n) is 1.68. The quantitative estimate of drug-likeness (QED) is 0.684. The Morgan fingerprint density at radius 2 is 2.00 bits per heavy atom. The van der Waals surface area contributed by atoms with Gasteiger partial charge in [0.1, 0.15) is 4.91 Å². The molecular weight excluding hydrogens is 309 g/mol. The molecule has 0 unspecified atom stereocenters. The van der Waals surface area contributed by atoms with Crippen molar-refractivity contribution in [2.45, 2.75) is 38.8 Å². The van der Waals surface area contributed by atoms with Crippen molar-refractivity contribution in [3.8, 4) is 0 Å². The summed E-state index contributed by atoms with van der Waals surface area (Å²) in [4.78, 5) is -1.15. The van der Waals surface area contributed by atoms with Crippen LogP contribution in [-0.2, 0) is 9.84 Å². The average molecular weight is 326 g/mol. The zero-order valence-electron chi connectivity index (χ0n) is 11.1. The number of allylic oxidation sites excluding steroid dienone is 1. The number of alkyl halides is 3. The first-order chi connectivity index (χ1) is 9.27. The molecule has 1 rings (SSSR count). The Hall–Kier alpha value is -0.820. The summed E-state index contributed by atoms with van der Waals surface area (Å²) in [7, 11) is -4.29. The first-order valence-corrected chi connectivity index (χ1v) is 8.85. The number of rotatable bonds is 7. The van der Waals surface area contributed by atoms with Gasteiger partial charge in [0.05, 0.1) is 5.75 Å². The highest BCUT2D eigenvalue weighted by Gasteiger charge is 2.42. The van der Waals surface area contributed by atoms with Crippen LogP contribution in [0, 0.1) is 0 Å². The third-order valence-electron chi connectivity index (χ3n) is 2.70. The zero-order chi connectivity index (χ0) is 15.2. The van der Waals surface area contributed by atoms with E-state index in [0.29, 0.717) is 6.42 Å². The summed E-state index contributed by atoms with van der Waals surface area (Å²) in [5, 5.41) is 1.60. The highest BCUT2D eigenvalue weighted by Crippen LogP contribution is 2.33. The smallest absolute Gasteiger partial charge is 0.224 e. The van der Waals surface area contributed by atoms with E-state index in [1.807, 2.05) is 6.92 Å². The second kappa shape index (κ2) is 7.26. The summed E-state index contributed by atoms with van der Waals surface area (Å²) in [6, 6.07) is 3.04. The lowest BCUT2D eigenvalue weighted by Crippen LogP contribution is -2.22. The van der Waals surface area contributed by atoms with Gasteiger partial charge in [0.25, 0.3) is 0 Å². The van der Waals surface area contributed by atoms with Crippen molar-refractivity contribution in [3.05, 3.63) is 27.3 Å². The number of unbranched alkanes of at least 4 members (excludes halogenated alkanes) is 3. The van der Waals surface area contributed by atoms with Crippen molar-refractivity contribution < 1.29 is 21.6 Å². The van der Waals surface area contributed by atoms with E-state index < -0.39 is 26.7 Å². The summed E-state index contributed by atoms with van der Waals surface area (Å²) in [6.07, 6.45) is -1.52. The zero-order valence-corrected chi connectivity index (χ0v) is 12.7. The van der Waals surface area contributed by atoms with Gasteiger partial charge in [0.15, 0.2) is 9.84 Å². The summed E-state index contributed by atoms with van der Waals surface area (Å²) >= 11 is 1.07. The highest BCUT2D eigenvalue weighted by molar-refractivity contribution is 7.95. The number of hydrogen-bond acceptors (Lipinski definition) is 3. The Labute approximate surface area is 121 Å². The molecule has 0 aliphatic heterocycles. The number of halogens is 3. The van der Waals surface area contributed by atoms with Crippen molar-refractivity contribution >= 4 is 27.3 Å². The third kappa shape index (κ3) is 5.28. The Morgan fingerprint density at radius 3 is 2.50 bits per heavy atom. The first-order valence-electron chi connectivity index (χ1n) is 6.32. The molecule has 7 heteroatoms. The largest absolute Gasteiger partial charge is 0.427 e. The van der Waals surface area contributed by atoms with Crippen LogP contribution in [0.5, 0.6) is 0 Å². The molecule has 2 nitrogen and oxygen atoms in total. The average Bonchev–Trinajstić information content (AvgIpc) is 2.83. The monoisotopic (exact) mass is 326 g/mol. The van der Waals surface area contributed by atoms with Crippen LogP contribution in [0.1, 0.15) is 37.5 Å². The van der Waals surface area contributed by atoms with Crippen LogP contribution in [0.15, 0.2) is 22.4 Å². The second-order valence-corrected chi connectivity index (χ2v) is 7.46. The van der Waals surface area contributed by atoms with E-state index in [9.17, 15) is 21.6 Å². The Morgan fingerprint density at radius 1 is 1.30 bits per heavy atom. The maximum atomic E-state index is 12.9. The molecule has 0 aliphatic rings. The van der Waals surface area contributed by atoms with Crippen LogP contribution in [0.2, 0.25) is 0 Å². The molecule has 0 saturated heterocycles. The summed E-state index contributed by atoms with van der Waals surface area (Å²) in [6.45, 7) is 1.95. The van der Waals surface area contributed by atoms with Gasteiger partial charge in [-0.3, -0.25) is 0 Å². The standard InChI is InChI=1S/C13H17F3O2S2/c1-2-3-4-5-9-20(17,18)12(13(14,15)16)10-11-7-6-8-19-11/h6-8,10H,2-5,9H2,1H3/b12-10+. The number of sulfone groups is 1. The minimum Gasteiger partial charge on any atom is -0.224 e. The van der Waals surface area contributed by atoms with Crippen LogP contribution in [0.3, 0.4) is 0 Å². The summed E-state index contributed by atoms with van der Waals surface area (Å²) in [5.41, 5.74) is 0. The number of hydrogen-bond donors (Lipinski definition) is 0. The van der Waals surface area contributed by atoms with E-state index in [0.717, 1.165) is 30.3 Å². The van der Waals surface area contributed by atoms with Crippen LogP contribution < -0.4 is 0 Å². The molecule has 1 aromatic rings. The van der Waals surface area contributed by atoms with Crippen molar-refractivity contribution in [3.63, 3.8) is 0 Å². The first kappa shape index (κ1) is 17.2. The molecule has 20 heavy (non-hydrogen) atoms. The predicted octanol–water partition coefficient (Wildman–Crippen LogP) is 4.65. The summed E-state index contributed by atoms with van der Waals surface area (Å²) in [5.74, 6) is -0.455. The highest BCUT2D eigenvalue weighted by atomic mass is 32.2. The van der Waals surface area contributed by atoms with Crippen LogP contribution in [0.25, 0.3) is 6.08 Å². The maximum absolute atomic E-state index is 12.9. The van der Waals surface area contributed by atoms with Gasteiger partial charge < -0.3 is 0 Å². The Balaban J connectivity index is 2.94. The predicted molar refractivity (Wildman–Crippen MR) is 76.3 cm³/mol. The van der Waals surface area contributed by atoms with Crippen LogP contribution in [-0.4, -0.2) is 20.3 Å². The molecule has 0 aromatic carbocycles. The molecular formula is C13H17F3O2S2. The topological polar surface area (TPSA) is 34.1 Å². The third-order valence-corrected chi connectivity index (χ3v) is 5.36. The lowest BCUT2D eigenvalue weighted by Gasteiger charge is -2.12. The molecule has 0 saturated carbocycles. The fourth-order valence-corrected chi connectivity index (χ4v) is 3.87. The Kier molecular flexibility index (Phi) is 6.26. The molecule has 0 spiro atoms. The van der Waals surface area contributed by atoms with Crippen molar-refractivity contribution in [1.82, 2.24) is 0 Å². The van der Waals surface area contributed by atoms with E-state index >= 15 is 0 Å². The molecule has 0 atom stereocenters. The molecule has 0 N–H and O–H groups in total. The maximum Gasteiger partial charge on any atom is 0.427 e. The molecule has 0 aliphatic carbocycles. The van der Waals surface area contributed by atoms with Gasteiger partial charge in [-0.05, 0) is 23.9 Å². The van der Waals surface area contributed by atoms with E-state index in [1.54, 1.807) is 11.4 Å². The molecule has 1 heterocycles. The lowest BCUT2D eigenvalue weighted by atomic mass is 10.2. The number of thiophene rings is 1. The molecule has 1 aromatic heterocycles. The van der Waals surface area contributed by atoms with Gasteiger partial charge in [0, 0.05) is 4.88 Å². The second-order valence-electron chi connectivity index (χ2n) is 4.40. The van der Waals surface area contributed by atoms with Crippen LogP contribution in [0.4, 0.5) is 13.2 Å². The van der Waals surface area contributed by atoms with E-state index in [4.69, 9.17) is 0 Å². The van der Waals surface area contributed by atoms with Gasteiger partial charge in [-0.15, -0.1) is 11.3 Å². The van der Waals surface area contributed by atoms with E-state index in [2.05, 4.69) is 0 Å². The van der Waals surface area contributed by atoms with Crippen molar-refractivity contribution in [2.24, 2.45) is 0 Å². The van der Waals surface area contributed by atoms with Gasteiger partial charge in [-0.1, -0.05) is 32.3 Å². The Bertz CT molecular complexity index is 528. The van der Waals surface area contributed by atoms with Gasteiger partial charge in [-0.25, -0.2) is 8.42 Å². The van der Waals surface area contributed by atoms with E-state index in [-0.39, 0.29) is 11.3 Å². The van der Waals surface area contributed by atoms with Gasteiger partial charge >= 0.3 is 6.18 Å². The summed E-state index contributed by atoms with van der Waals surface area (Å²) < 4.78 is 62.6. The van der Waals surface area contributed by atoms with E-state index in [1.165, 1.54) is 6.07 Å². The fraction of sp³-hybridized carbons (Fsp3) is 0.538. The lowest BCUT2D eigenvalue weighted by molar-refractivity contribution is -0.0836.